The smallest absolute Gasteiger partial charge is 0.416 e. The predicted molar refractivity (Wildman–Crippen MR) is 136 cm³/mol. The topological polar surface area (TPSA) is 176 Å². The fourth-order valence-corrected chi connectivity index (χ4v) is 3.76. The van der Waals surface area contributed by atoms with Gasteiger partial charge in [0.1, 0.15) is 5.75 Å². The summed E-state index contributed by atoms with van der Waals surface area (Å²) >= 11 is 0. The standard InChI is InChI=1S/C25H30F3N5O6/c1-24(2,39)14-3-13(4-15(5-14)25(26,27)28)20(9-22(37)38)33-21(36)12-29-16-6-17(8-18(34)7-16)32-23-30-10-19(35)11-31-23/h3-8,19-20,29,34-35,39H,9-12H2,1-2H3,(H,33,36)(H,37,38)(H2,30,31,32). The van der Waals surface area contributed by atoms with Crippen molar-refractivity contribution in [2.75, 3.05) is 30.3 Å². The van der Waals surface area contributed by atoms with E-state index in [-0.39, 0.29) is 30.0 Å². The van der Waals surface area contributed by atoms with Crippen LogP contribution in [0, 0.1) is 0 Å². The van der Waals surface area contributed by atoms with Crippen molar-refractivity contribution in [3.05, 3.63) is 53.1 Å². The Morgan fingerprint density at radius 1 is 1.10 bits per heavy atom. The van der Waals surface area contributed by atoms with E-state index in [0.717, 1.165) is 12.1 Å². The number of aliphatic carboxylic acids is 1. The first-order valence-electron chi connectivity index (χ1n) is 11.9. The maximum Gasteiger partial charge on any atom is 0.416 e. The van der Waals surface area contributed by atoms with E-state index in [9.17, 15) is 43.2 Å². The molecule has 0 aliphatic carbocycles. The van der Waals surface area contributed by atoms with Crippen LogP contribution < -0.4 is 21.3 Å². The number of benzene rings is 2. The molecule has 8 N–H and O–H groups in total. The maximum atomic E-state index is 13.5. The number of carbonyl (C=O) groups excluding carboxylic acids is 1. The lowest BCUT2D eigenvalue weighted by Crippen LogP contribution is -2.42. The number of aliphatic hydroxyl groups excluding tert-OH is 1. The third-order valence-electron chi connectivity index (χ3n) is 5.70. The second-order valence-electron chi connectivity index (χ2n) is 9.59. The minimum absolute atomic E-state index is 0.0959. The summed E-state index contributed by atoms with van der Waals surface area (Å²) in [6.45, 7) is 2.66. The van der Waals surface area contributed by atoms with Crippen LogP contribution in [0.1, 0.15) is 43.0 Å². The number of alkyl halides is 3. The van der Waals surface area contributed by atoms with Gasteiger partial charge in [0.25, 0.3) is 0 Å². The molecule has 0 bridgehead atoms. The van der Waals surface area contributed by atoms with Crippen LogP contribution in [0.15, 0.2) is 41.4 Å². The molecule has 2 atom stereocenters. The number of β-amino-alcohol motifs (C(OH)–C–C–N with tert-alkyl or cyclic N) is 1. The molecule has 2 aromatic carbocycles. The molecule has 1 amide bonds. The van der Waals surface area contributed by atoms with Crippen molar-refractivity contribution in [1.29, 1.82) is 0 Å². The van der Waals surface area contributed by atoms with E-state index in [1.165, 1.54) is 32.0 Å². The van der Waals surface area contributed by atoms with E-state index in [1.54, 1.807) is 6.07 Å². The van der Waals surface area contributed by atoms with Gasteiger partial charge in [0.2, 0.25) is 5.91 Å². The van der Waals surface area contributed by atoms with Gasteiger partial charge in [0.15, 0.2) is 5.96 Å². The molecule has 0 aromatic heterocycles. The van der Waals surface area contributed by atoms with Gasteiger partial charge in [-0.25, -0.2) is 0 Å². The summed E-state index contributed by atoms with van der Waals surface area (Å²) in [5.74, 6) is -1.86. The van der Waals surface area contributed by atoms with Crippen LogP contribution in [0.5, 0.6) is 5.75 Å². The SMILES string of the molecule is CC(C)(O)c1cc(C(CC(=O)O)NC(=O)CNc2cc(O)cc(NC3=NCC(O)CN3)c2)cc(C(F)(F)F)c1. The Kier molecular flexibility index (Phi) is 8.92. The lowest BCUT2D eigenvalue weighted by atomic mass is 9.91. The molecule has 0 radical (unpaired) electrons. The molecule has 14 heteroatoms. The van der Waals surface area contributed by atoms with E-state index in [0.29, 0.717) is 17.3 Å². The Labute approximate surface area is 221 Å². The number of carboxylic acids is 1. The average Bonchev–Trinajstić information content (AvgIpc) is 2.82. The minimum atomic E-state index is -4.77. The highest BCUT2D eigenvalue weighted by Gasteiger charge is 2.34. The maximum absolute atomic E-state index is 13.5. The number of aromatic hydroxyl groups is 1. The third kappa shape index (κ3) is 8.75. The molecule has 212 valence electrons. The van der Waals surface area contributed by atoms with Crippen molar-refractivity contribution >= 4 is 29.2 Å². The molecule has 2 unspecified atom stereocenters. The first-order valence-corrected chi connectivity index (χ1v) is 11.9. The molecule has 3 rings (SSSR count). The van der Waals surface area contributed by atoms with Gasteiger partial charge in [-0.1, -0.05) is 6.07 Å². The van der Waals surface area contributed by atoms with Crippen LogP contribution in [-0.2, 0) is 21.4 Å². The van der Waals surface area contributed by atoms with Crippen LogP contribution in [0.3, 0.4) is 0 Å². The van der Waals surface area contributed by atoms with E-state index in [4.69, 9.17) is 0 Å². The number of phenolic OH excluding ortho intramolecular Hbond substituents is 1. The number of phenols is 1. The Morgan fingerprint density at radius 2 is 1.77 bits per heavy atom. The van der Waals surface area contributed by atoms with Crippen molar-refractivity contribution in [3.8, 4) is 5.75 Å². The number of aliphatic hydroxyl groups is 2. The van der Waals surface area contributed by atoms with E-state index < -0.39 is 54.3 Å². The quantitative estimate of drug-likeness (QED) is 0.231. The molecule has 11 nitrogen and oxygen atoms in total. The summed E-state index contributed by atoms with van der Waals surface area (Å²) in [5.41, 5.74) is -2.26. The highest BCUT2D eigenvalue weighted by molar-refractivity contribution is 5.94. The fraction of sp³-hybridized carbons (Fsp3) is 0.400. The summed E-state index contributed by atoms with van der Waals surface area (Å²) in [4.78, 5) is 28.3. The third-order valence-corrected chi connectivity index (χ3v) is 5.70. The van der Waals surface area contributed by atoms with Gasteiger partial charge < -0.3 is 41.7 Å². The van der Waals surface area contributed by atoms with Crippen molar-refractivity contribution in [2.24, 2.45) is 4.99 Å². The molecule has 2 aromatic rings. The number of nitrogens with one attached hydrogen (secondary N) is 4. The van der Waals surface area contributed by atoms with Gasteiger partial charge in [0.05, 0.1) is 42.8 Å². The van der Waals surface area contributed by atoms with Gasteiger partial charge >= 0.3 is 12.1 Å². The second kappa shape index (κ2) is 11.8. The number of anilines is 2. The molecule has 1 aliphatic rings. The zero-order valence-corrected chi connectivity index (χ0v) is 21.1. The molecule has 0 saturated heterocycles. The second-order valence-corrected chi connectivity index (χ2v) is 9.59. The molecule has 0 fully saturated rings. The van der Waals surface area contributed by atoms with Crippen LogP contribution >= 0.6 is 0 Å². The largest absolute Gasteiger partial charge is 0.508 e. The molecule has 1 aliphatic heterocycles. The number of hydrogen-bond acceptors (Lipinski definition) is 9. The summed E-state index contributed by atoms with van der Waals surface area (Å²) in [6.07, 6.45) is -6.09. The summed E-state index contributed by atoms with van der Waals surface area (Å²) < 4.78 is 40.6. The number of amides is 1. The first-order chi connectivity index (χ1) is 18.1. The predicted octanol–water partition coefficient (Wildman–Crippen LogP) is 2.11. The summed E-state index contributed by atoms with van der Waals surface area (Å²) in [6, 6.07) is 5.70. The van der Waals surface area contributed by atoms with Gasteiger partial charge in [-0.15, -0.1) is 0 Å². The van der Waals surface area contributed by atoms with Crippen molar-refractivity contribution in [3.63, 3.8) is 0 Å². The summed E-state index contributed by atoms with van der Waals surface area (Å²) in [7, 11) is 0. The van der Waals surface area contributed by atoms with Crippen LogP contribution in [0.2, 0.25) is 0 Å². The van der Waals surface area contributed by atoms with E-state index in [2.05, 4.69) is 26.3 Å². The Bertz CT molecular complexity index is 1210. The van der Waals surface area contributed by atoms with Crippen molar-refractivity contribution < 1.29 is 43.2 Å². The number of rotatable bonds is 9. The number of carboxylic acid groups (broad SMARTS) is 1. The zero-order chi connectivity index (χ0) is 29.0. The minimum Gasteiger partial charge on any atom is -0.508 e. The average molecular weight is 554 g/mol. The Morgan fingerprint density at radius 3 is 2.36 bits per heavy atom. The monoisotopic (exact) mass is 553 g/mol. The lowest BCUT2D eigenvalue weighted by molar-refractivity contribution is -0.138. The van der Waals surface area contributed by atoms with Gasteiger partial charge in [-0.2, -0.15) is 13.2 Å². The zero-order valence-electron chi connectivity index (χ0n) is 21.1. The molecular formula is C25H30F3N5O6. The number of nitrogens with zero attached hydrogens (tertiary/aromatic N) is 1. The number of carbonyl (C=O) groups is 2. The number of guanidine groups is 1. The molecule has 1 heterocycles. The molecule has 0 saturated carbocycles. The first kappa shape index (κ1) is 29.5. The normalized spacial score (nSPS) is 16.5. The van der Waals surface area contributed by atoms with Crippen molar-refractivity contribution in [2.45, 2.75) is 44.2 Å². The highest BCUT2D eigenvalue weighted by atomic mass is 19.4. The fourth-order valence-electron chi connectivity index (χ4n) is 3.76. The number of aliphatic imine (C=N–C) groups is 1. The highest BCUT2D eigenvalue weighted by Crippen LogP contribution is 2.35. The molecule has 0 spiro atoms. The van der Waals surface area contributed by atoms with E-state index in [1.807, 2.05) is 0 Å². The van der Waals surface area contributed by atoms with Gasteiger partial charge in [0, 0.05) is 30.1 Å². The Balaban J connectivity index is 1.76. The van der Waals surface area contributed by atoms with E-state index >= 15 is 0 Å². The molecule has 39 heavy (non-hydrogen) atoms. The Hall–Kier alpha value is -4.04. The lowest BCUT2D eigenvalue weighted by Gasteiger charge is -2.24. The van der Waals surface area contributed by atoms with Crippen molar-refractivity contribution in [1.82, 2.24) is 10.6 Å². The van der Waals surface area contributed by atoms with Gasteiger partial charge in [-0.05, 0) is 43.2 Å². The van der Waals surface area contributed by atoms with Crippen LogP contribution in [0.25, 0.3) is 0 Å². The summed E-state index contributed by atoms with van der Waals surface area (Å²) in [5, 5.41) is 50.2. The van der Waals surface area contributed by atoms with Crippen LogP contribution in [0.4, 0.5) is 24.5 Å². The number of halogens is 3. The van der Waals surface area contributed by atoms with Crippen LogP contribution in [-0.4, -0.2) is 64.0 Å². The van der Waals surface area contributed by atoms with Gasteiger partial charge in [-0.3, -0.25) is 14.6 Å². The molecular weight excluding hydrogens is 523 g/mol. The number of hydrogen-bond donors (Lipinski definition) is 8.